The summed E-state index contributed by atoms with van der Waals surface area (Å²) in [6, 6.07) is 20.5. The van der Waals surface area contributed by atoms with E-state index in [0.29, 0.717) is 45.3 Å². The number of hydrogen-bond acceptors (Lipinski definition) is 6. The third-order valence-corrected chi connectivity index (χ3v) is 7.54. The van der Waals surface area contributed by atoms with Crippen LogP contribution in [-0.2, 0) is 11.3 Å². The molecular formula is C35H39FN2O7. The molecule has 2 unspecified atom stereocenters. The number of rotatable bonds is 14. The number of aromatic nitrogens is 1. The van der Waals surface area contributed by atoms with E-state index in [-0.39, 0.29) is 31.2 Å². The fourth-order valence-corrected chi connectivity index (χ4v) is 5.60. The Morgan fingerprint density at radius 2 is 1.56 bits per heavy atom. The first-order chi connectivity index (χ1) is 21.5. The highest BCUT2D eigenvalue weighted by Crippen LogP contribution is 2.43. The molecule has 0 saturated heterocycles. The van der Waals surface area contributed by atoms with Crippen LogP contribution in [0.2, 0.25) is 0 Å². The molecule has 0 spiro atoms. The number of anilines is 1. The predicted octanol–water partition coefficient (Wildman–Crippen LogP) is 6.33. The molecule has 238 valence electrons. The number of nitrogens with one attached hydrogen (secondary N) is 1. The molecule has 0 aliphatic heterocycles. The Morgan fingerprint density at radius 1 is 0.889 bits per heavy atom. The van der Waals surface area contributed by atoms with Crippen LogP contribution in [0.5, 0.6) is 11.5 Å². The lowest BCUT2D eigenvalue weighted by atomic mass is 9.94. The number of aliphatic hydroxyl groups excluding tert-OH is 2. The molecule has 0 fully saturated rings. The lowest BCUT2D eigenvalue weighted by molar-refractivity contribution is -0.139. The van der Waals surface area contributed by atoms with Gasteiger partial charge >= 0.3 is 5.97 Å². The summed E-state index contributed by atoms with van der Waals surface area (Å²) in [7, 11) is 3.04. The maximum absolute atomic E-state index is 14.3. The van der Waals surface area contributed by atoms with Crippen molar-refractivity contribution in [3.63, 3.8) is 0 Å². The van der Waals surface area contributed by atoms with E-state index >= 15 is 0 Å². The molecule has 1 heterocycles. The van der Waals surface area contributed by atoms with Crippen LogP contribution < -0.4 is 14.8 Å². The van der Waals surface area contributed by atoms with Crippen LogP contribution >= 0.6 is 0 Å². The van der Waals surface area contributed by atoms with Crippen molar-refractivity contribution in [2.45, 2.75) is 57.8 Å². The monoisotopic (exact) mass is 618 g/mol. The van der Waals surface area contributed by atoms with Gasteiger partial charge in [0.25, 0.3) is 5.91 Å². The van der Waals surface area contributed by atoms with Gasteiger partial charge in [0.2, 0.25) is 0 Å². The van der Waals surface area contributed by atoms with Crippen molar-refractivity contribution < 1.29 is 38.8 Å². The molecule has 0 aliphatic carbocycles. The number of carboxylic acid groups (broad SMARTS) is 1. The summed E-state index contributed by atoms with van der Waals surface area (Å²) >= 11 is 0. The predicted molar refractivity (Wildman–Crippen MR) is 170 cm³/mol. The fourth-order valence-electron chi connectivity index (χ4n) is 5.60. The van der Waals surface area contributed by atoms with E-state index in [4.69, 9.17) is 14.6 Å². The number of amides is 1. The van der Waals surface area contributed by atoms with Gasteiger partial charge in [-0.1, -0.05) is 44.2 Å². The summed E-state index contributed by atoms with van der Waals surface area (Å²) in [6.45, 7) is 4.18. The Morgan fingerprint density at radius 3 is 2.16 bits per heavy atom. The van der Waals surface area contributed by atoms with Crippen LogP contribution in [0.1, 0.15) is 55.1 Å². The minimum Gasteiger partial charge on any atom is -0.493 e. The molecule has 10 heteroatoms. The second-order valence-corrected chi connectivity index (χ2v) is 11.1. The Labute approximate surface area is 261 Å². The van der Waals surface area contributed by atoms with Gasteiger partial charge in [-0.25, -0.2) is 4.39 Å². The SMILES string of the molecule is COc1ccc(NC(=O)c2c(-c3ccccc3)c(-c3ccc(F)cc3)n(CCC(O)CC(O)CC(=O)O)c2C(C)C)cc1OC. The van der Waals surface area contributed by atoms with E-state index in [9.17, 15) is 24.2 Å². The highest BCUT2D eigenvalue weighted by molar-refractivity contribution is 6.12. The van der Waals surface area contributed by atoms with Crippen molar-refractivity contribution in [1.82, 2.24) is 4.57 Å². The highest BCUT2D eigenvalue weighted by Gasteiger charge is 2.31. The molecule has 45 heavy (non-hydrogen) atoms. The third kappa shape index (κ3) is 7.89. The Balaban J connectivity index is 1.90. The molecular weight excluding hydrogens is 579 g/mol. The van der Waals surface area contributed by atoms with Crippen LogP contribution in [0.4, 0.5) is 10.1 Å². The lowest BCUT2D eigenvalue weighted by Crippen LogP contribution is -2.22. The van der Waals surface area contributed by atoms with Crippen molar-refractivity contribution >= 4 is 17.6 Å². The maximum Gasteiger partial charge on any atom is 0.305 e. The largest absolute Gasteiger partial charge is 0.493 e. The first-order valence-electron chi connectivity index (χ1n) is 14.7. The lowest BCUT2D eigenvalue weighted by Gasteiger charge is -2.20. The fraction of sp³-hybridized carbons (Fsp3) is 0.314. The van der Waals surface area contributed by atoms with Crippen LogP contribution in [0.15, 0.2) is 72.8 Å². The number of nitrogens with zero attached hydrogens (tertiary/aromatic N) is 1. The minimum atomic E-state index is -1.20. The minimum absolute atomic E-state index is 0.116. The second-order valence-electron chi connectivity index (χ2n) is 11.1. The zero-order chi connectivity index (χ0) is 32.7. The van der Waals surface area contributed by atoms with Crippen LogP contribution in [-0.4, -0.2) is 58.2 Å². The van der Waals surface area contributed by atoms with Gasteiger partial charge in [0.15, 0.2) is 11.5 Å². The summed E-state index contributed by atoms with van der Waals surface area (Å²) in [5.74, 6) is -1.13. The van der Waals surface area contributed by atoms with Crippen molar-refractivity contribution in [1.29, 1.82) is 0 Å². The average Bonchev–Trinajstić information content (AvgIpc) is 3.36. The van der Waals surface area contributed by atoms with Crippen molar-refractivity contribution in [2.75, 3.05) is 19.5 Å². The standard InChI is InChI=1S/C35H39FN2O7/c1-21(2)33-32(35(43)37-25-14-15-28(44-3)29(18-25)45-4)31(22-8-6-5-7-9-22)34(23-10-12-24(36)13-11-23)38(33)17-16-26(39)19-27(40)20-30(41)42/h5-15,18,21,26-27,39-40H,16-17,19-20H2,1-4H3,(H,37,43)(H,41,42). The summed E-state index contributed by atoms with van der Waals surface area (Å²) in [4.78, 5) is 25.4. The van der Waals surface area contributed by atoms with Crippen LogP contribution in [0.3, 0.4) is 0 Å². The zero-order valence-electron chi connectivity index (χ0n) is 25.8. The van der Waals surface area contributed by atoms with Gasteiger partial charge in [-0.2, -0.15) is 0 Å². The van der Waals surface area contributed by atoms with Gasteiger partial charge in [-0.3, -0.25) is 9.59 Å². The summed E-state index contributed by atoms with van der Waals surface area (Å²) in [6.07, 6.45) is -2.63. The molecule has 1 aromatic heterocycles. The van der Waals surface area contributed by atoms with Crippen molar-refractivity contribution in [3.8, 4) is 33.9 Å². The first kappa shape index (κ1) is 33.2. The Hall–Kier alpha value is -4.67. The summed E-state index contributed by atoms with van der Waals surface area (Å²) < 4.78 is 26.8. The van der Waals surface area contributed by atoms with Crippen molar-refractivity contribution in [3.05, 3.63) is 89.9 Å². The molecule has 3 aromatic carbocycles. The van der Waals surface area contributed by atoms with E-state index in [2.05, 4.69) is 5.32 Å². The van der Waals surface area contributed by atoms with Gasteiger partial charge in [0.05, 0.1) is 44.1 Å². The number of aliphatic carboxylic acids is 1. The molecule has 4 aromatic rings. The average molecular weight is 619 g/mol. The quantitative estimate of drug-likeness (QED) is 0.130. The smallest absolute Gasteiger partial charge is 0.305 e. The van der Waals surface area contributed by atoms with E-state index < -0.39 is 30.4 Å². The number of aliphatic hydroxyl groups is 2. The number of hydrogen-bond donors (Lipinski definition) is 4. The molecule has 0 radical (unpaired) electrons. The third-order valence-electron chi connectivity index (χ3n) is 7.54. The van der Waals surface area contributed by atoms with Crippen LogP contribution in [0, 0.1) is 5.82 Å². The molecule has 4 rings (SSSR count). The summed E-state index contributed by atoms with van der Waals surface area (Å²) in [5.41, 5.74) is 4.36. The van der Waals surface area contributed by atoms with E-state index in [1.54, 1.807) is 30.3 Å². The maximum atomic E-state index is 14.3. The van der Waals surface area contributed by atoms with Crippen LogP contribution in [0.25, 0.3) is 22.4 Å². The summed E-state index contributed by atoms with van der Waals surface area (Å²) in [5, 5.41) is 32.9. The topological polar surface area (TPSA) is 130 Å². The van der Waals surface area contributed by atoms with Gasteiger partial charge in [0, 0.05) is 29.6 Å². The molecule has 4 N–H and O–H groups in total. The van der Waals surface area contributed by atoms with Crippen molar-refractivity contribution in [2.24, 2.45) is 0 Å². The Bertz CT molecular complexity index is 1620. The normalized spacial score (nSPS) is 12.5. The molecule has 9 nitrogen and oxygen atoms in total. The van der Waals surface area contributed by atoms with E-state index in [1.807, 2.05) is 48.7 Å². The van der Waals surface area contributed by atoms with E-state index in [1.165, 1.54) is 26.4 Å². The highest BCUT2D eigenvalue weighted by atomic mass is 19.1. The number of carbonyl (C=O) groups is 2. The van der Waals surface area contributed by atoms with Gasteiger partial charge < -0.3 is 34.7 Å². The second kappa shape index (κ2) is 14.9. The van der Waals surface area contributed by atoms with Gasteiger partial charge in [-0.05, 0) is 66.3 Å². The number of carbonyl (C=O) groups excluding carboxylic acids is 1. The molecule has 0 aliphatic rings. The number of ether oxygens (including phenoxy) is 2. The van der Waals surface area contributed by atoms with E-state index in [0.717, 1.165) is 5.56 Å². The Kier molecular flexibility index (Phi) is 11.0. The number of carboxylic acids is 1. The first-order valence-corrected chi connectivity index (χ1v) is 14.7. The molecule has 1 amide bonds. The molecule has 0 bridgehead atoms. The van der Waals surface area contributed by atoms with Gasteiger partial charge in [0.1, 0.15) is 5.82 Å². The zero-order valence-corrected chi connectivity index (χ0v) is 25.8. The molecule has 0 saturated carbocycles. The van der Waals surface area contributed by atoms with Gasteiger partial charge in [-0.15, -0.1) is 0 Å². The number of halogens is 1. The number of methoxy groups -OCH3 is 2. The number of benzene rings is 3. The molecule has 2 atom stereocenters.